The quantitative estimate of drug-likeness (QED) is 0.592. The van der Waals surface area contributed by atoms with Crippen LogP contribution in [0.3, 0.4) is 0 Å². The minimum Gasteiger partial charge on any atom is -0.481 e. The highest BCUT2D eigenvalue weighted by Crippen LogP contribution is 2.52. The molecule has 0 bridgehead atoms. The lowest BCUT2D eigenvalue weighted by Gasteiger charge is -2.54. The second kappa shape index (κ2) is 7.78. The lowest BCUT2D eigenvalue weighted by molar-refractivity contribution is -0.148. The van der Waals surface area contributed by atoms with E-state index in [1.165, 1.54) is 18.2 Å². The van der Waals surface area contributed by atoms with Crippen molar-refractivity contribution in [2.45, 2.75) is 55.8 Å². The van der Waals surface area contributed by atoms with E-state index in [9.17, 15) is 41.0 Å². The Balaban J connectivity index is 1.82. The number of hydrogen-bond donors (Lipinski definition) is 1. The van der Waals surface area contributed by atoms with E-state index >= 15 is 0 Å². The number of alkyl halides is 5. The standard InChI is InChI=1S/C23H19F6NO3/c24-17-11-13(5-6-16(17)23(27,28)29)12-30-19(31)15-4-2-1-3-14(15)18(20(32)33)21(30)7-9-22(25,26)10-8-21/h1-6,11,18H,7-10,12H2,(H,32,33). The molecule has 1 amide bonds. The average molecular weight is 471 g/mol. The van der Waals surface area contributed by atoms with Crippen LogP contribution < -0.4 is 0 Å². The molecule has 2 aromatic rings. The SMILES string of the molecule is O=C(O)C1c2ccccc2C(=O)N(Cc2ccc(C(F)(F)F)c(F)c2)C12CCC(F)(F)CC2. The fourth-order valence-corrected chi connectivity index (χ4v) is 5.01. The minimum atomic E-state index is -4.91. The van der Waals surface area contributed by atoms with Gasteiger partial charge >= 0.3 is 12.1 Å². The van der Waals surface area contributed by atoms with Crippen LogP contribution in [0.4, 0.5) is 26.3 Å². The Morgan fingerprint density at radius 1 is 1.06 bits per heavy atom. The number of halogens is 6. The third-order valence-electron chi connectivity index (χ3n) is 6.60. The van der Waals surface area contributed by atoms with E-state index < -0.39 is 66.2 Å². The number of fused-ring (bicyclic) bond motifs is 1. The number of carboxylic acid groups (broad SMARTS) is 1. The molecular weight excluding hydrogens is 452 g/mol. The van der Waals surface area contributed by atoms with Crippen molar-refractivity contribution in [3.05, 3.63) is 70.5 Å². The van der Waals surface area contributed by atoms with Gasteiger partial charge in [-0.3, -0.25) is 9.59 Å². The lowest BCUT2D eigenvalue weighted by Crippen LogP contribution is -2.62. The number of amides is 1. The number of nitrogens with zero attached hydrogens (tertiary/aromatic N) is 1. The summed E-state index contributed by atoms with van der Waals surface area (Å²) in [5, 5.41) is 10.1. The maximum absolute atomic E-state index is 14.2. The van der Waals surface area contributed by atoms with Gasteiger partial charge in [0.05, 0.1) is 11.1 Å². The van der Waals surface area contributed by atoms with Gasteiger partial charge in [-0.2, -0.15) is 13.2 Å². The number of rotatable bonds is 3. The highest BCUT2D eigenvalue weighted by Gasteiger charge is 2.58. The van der Waals surface area contributed by atoms with Gasteiger partial charge in [-0.25, -0.2) is 13.2 Å². The Morgan fingerprint density at radius 3 is 2.27 bits per heavy atom. The van der Waals surface area contributed by atoms with E-state index in [1.807, 2.05) is 0 Å². The van der Waals surface area contributed by atoms with Crippen molar-refractivity contribution in [3.63, 3.8) is 0 Å². The zero-order valence-electron chi connectivity index (χ0n) is 17.1. The molecule has 4 rings (SSSR count). The highest BCUT2D eigenvalue weighted by molar-refractivity contribution is 6.01. The van der Waals surface area contributed by atoms with Crippen LogP contribution in [0, 0.1) is 5.82 Å². The van der Waals surface area contributed by atoms with Gasteiger partial charge in [-0.15, -0.1) is 0 Å². The summed E-state index contributed by atoms with van der Waals surface area (Å²) < 4.78 is 81.0. The molecule has 1 saturated carbocycles. The highest BCUT2D eigenvalue weighted by atomic mass is 19.4. The number of hydrogen-bond acceptors (Lipinski definition) is 2. The first-order valence-corrected chi connectivity index (χ1v) is 10.2. The molecule has 2 aliphatic rings. The summed E-state index contributed by atoms with van der Waals surface area (Å²) in [4.78, 5) is 26.9. The predicted octanol–water partition coefficient (Wildman–Crippen LogP) is 5.62. The molecule has 10 heteroatoms. The summed E-state index contributed by atoms with van der Waals surface area (Å²) >= 11 is 0. The fourth-order valence-electron chi connectivity index (χ4n) is 5.01. The Labute approximate surface area is 184 Å². The number of benzene rings is 2. The molecular formula is C23H19F6NO3. The number of carboxylic acids is 1. The molecule has 1 N–H and O–H groups in total. The van der Waals surface area contributed by atoms with Crippen LogP contribution in [0.2, 0.25) is 0 Å². The monoisotopic (exact) mass is 471 g/mol. The van der Waals surface area contributed by atoms with Gasteiger partial charge in [0, 0.05) is 24.9 Å². The number of aliphatic carboxylic acids is 1. The third kappa shape index (κ3) is 3.95. The summed E-state index contributed by atoms with van der Waals surface area (Å²) in [6.45, 7) is -0.419. The van der Waals surface area contributed by atoms with Crippen LogP contribution in [-0.2, 0) is 17.5 Å². The minimum absolute atomic E-state index is 0.00548. The first-order valence-electron chi connectivity index (χ1n) is 10.2. The molecule has 1 aliphatic heterocycles. The van der Waals surface area contributed by atoms with Gasteiger partial charge in [0.15, 0.2) is 0 Å². The van der Waals surface area contributed by atoms with Gasteiger partial charge in [0.1, 0.15) is 11.7 Å². The van der Waals surface area contributed by atoms with Crippen molar-refractivity contribution in [1.29, 1.82) is 0 Å². The van der Waals surface area contributed by atoms with Crippen molar-refractivity contribution in [3.8, 4) is 0 Å². The summed E-state index contributed by atoms with van der Waals surface area (Å²) in [5.74, 6) is -7.82. The van der Waals surface area contributed by atoms with Crippen molar-refractivity contribution >= 4 is 11.9 Å². The first-order chi connectivity index (χ1) is 15.4. The summed E-state index contributed by atoms with van der Waals surface area (Å²) in [6, 6.07) is 8.14. The molecule has 1 unspecified atom stereocenters. The van der Waals surface area contributed by atoms with Crippen LogP contribution in [0.5, 0.6) is 0 Å². The molecule has 176 valence electrons. The average Bonchev–Trinajstić information content (AvgIpc) is 2.72. The van der Waals surface area contributed by atoms with E-state index in [1.54, 1.807) is 6.07 Å². The molecule has 1 aliphatic carbocycles. The third-order valence-corrected chi connectivity index (χ3v) is 6.60. The maximum Gasteiger partial charge on any atom is 0.419 e. The second-order valence-corrected chi connectivity index (χ2v) is 8.52. The zero-order valence-corrected chi connectivity index (χ0v) is 17.1. The topological polar surface area (TPSA) is 57.6 Å². The Bertz CT molecular complexity index is 1100. The van der Waals surface area contributed by atoms with Crippen LogP contribution in [-0.4, -0.2) is 33.3 Å². The molecule has 0 aromatic heterocycles. The smallest absolute Gasteiger partial charge is 0.419 e. The fraction of sp³-hybridized carbons (Fsp3) is 0.391. The summed E-state index contributed by atoms with van der Waals surface area (Å²) in [7, 11) is 0. The van der Waals surface area contributed by atoms with E-state index in [4.69, 9.17) is 0 Å². The summed E-state index contributed by atoms with van der Waals surface area (Å²) in [5.41, 5.74) is -2.74. The van der Waals surface area contributed by atoms with Crippen molar-refractivity contribution in [1.82, 2.24) is 4.90 Å². The maximum atomic E-state index is 14.2. The molecule has 1 heterocycles. The van der Waals surface area contributed by atoms with Crippen molar-refractivity contribution < 1.29 is 41.0 Å². The van der Waals surface area contributed by atoms with E-state index in [0.29, 0.717) is 12.1 Å². The van der Waals surface area contributed by atoms with Gasteiger partial charge in [0.2, 0.25) is 5.92 Å². The Hall–Kier alpha value is -3.04. The second-order valence-electron chi connectivity index (χ2n) is 8.52. The first kappa shape index (κ1) is 23.1. The van der Waals surface area contributed by atoms with Crippen LogP contribution >= 0.6 is 0 Å². The predicted molar refractivity (Wildman–Crippen MR) is 104 cm³/mol. The number of carbonyl (C=O) groups excluding carboxylic acids is 1. The van der Waals surface area contributed by atoms with Gasteiger partial charge in [-0.05, 0) is 42.2 Å². The van der Waals surface area contributed by atoms with Crippen molar-refractivity contribution in [2.24, 2.45) is 0 Å². The van der Waals surface area contributed by atoms with Gasteiger partial charge < -0.3 is 10.0 Å². The molecule has 2 aromatic carbocycles. The lowest BCUT2D eigenvalue weighted by atomic mass is 9.65. The van der Waals surface area contributed by atoms with Crippen molar-refractivity contribution in [2.75, 3.05) is 0 Å². The van der Waals surface area contributed by atoms with Crippen LogP contribution in [0.25, 0.3) is 0 Å². The molecule has 1 atom stereocenters. The zero-order chi connectivity index (χ0) is 24.2. The molecule has 0 saturated heterocycles. The van der Waals surface area contributed by atoms with Gasteiger partial charge in [0.25, 0.3) is 5.91 Å². The molecule has 33 heavy (non-hydrogen) atoms. The normalized spacial score (nSPS) is 21.7. The summed E-state index contributed by atoms with van der Waals surface area (Å²) in [6.07, 6.45) is -6.85. The Morgan fingerprint density at radius 2 is 1.70 bits per heavy atom. The van der Waals surface area contributed by atoms with Crippen LogP contribution in [0.1, 0.15) is 58.6 Å². The number of carbonyl (C=O) groups is 2. The van der Waals surface area contributed by atoms with Crippen LogP contribution in [0.15, 0.2) is 42.5 Å². The van der Waals surface area contributed by atoms with Gasteiger partial charge in [-0.1, -0.05) is 24.3 Å². The molecule has 1 spiro atoms. The molecule has 4 nitrogen and oxygen atoms in total. The van der Waals surface area contributed by atoms with E-state index in [0.717, 1.165) is 11.0 Å². The molecule has 0 radical (unpaired) electrons. The Kier molecular flexibility index (Phi) is 5.45. The largest absolute Gasteiger partial charge is 0.481 e. The molecule has 1 fully saturated rings. The van der Waals surface area contributed by atoms with E-state index in [2.05, 4.69) is 0 Å². The van der Waals surface area contributed by atoms with E-state index in [-0.39, 0.29) is 29.5 Å².